The zero-order valence-corrected chi connectivity index (χ0v) is 10.2. The van der Waals surface area contributed by atoms with Crippen LogP contribution in [0.3, 0.4) is 0 Å². The van der Waals surface area contributed by atoms with Gasteiger partial charge in [0.1, 0.15) is 0 Å². The lowest BCUT2D eigenvalue weighted by molar-refractivity contribution is -0.137. The first-order chi connectivity index (χ1) is 7.49. The number of aliphatic carboxylic acids is 1. The van der Waals surface area contributed by atoms with E-state index in [-0.39, 0.29) is 12.5 Å². The molecule has 1 rings (SSSR count). The number of benzene rings is 1. The molecule has 16 heavy (non-hydrogen) atoms. The molecule has 1 aromatic rings. The van der Waals surface area contributed by atoms with Crippen LogP contribution in [-0.2, 0) is 4.79 Å². The van der Waals surface area contributed by atoms with Gasteiger partial charge in [0.2, 0.25) is 0 Å². The molecule has 0 fully saturated rings. The maximum absolute atomic E-state index is 10.4. The van der Waals surface area contributed by atoms with Gasteiger partial charge >= 0.3 is 5.97 Å². The second-order valence-electron chi connectivity index (χ2n) is 3.96. The SMILES string of the molecule is Cc1ccc(Cl)c(NC(C)CCC(=O)O)c1. The van der Waals surface area contributed by atoms with Crippen molar-refractivity contribution in [3.8, 4) is 0 Å². The molecule has 0 saturated carbocycles. The summed E-state index contributed by atoms with van der Waals surface area (Å²) in [6.07, 6.45) is 0.747. The van der Waals surface area contributed by atoms with Crippen LogP contribution in [0.25, 0.3) is 0 Å². The van der Waals surface area contributed by atoms with Gasteiger partial charge in [0.25, 0.3) is 0 Å². The number of carboxylic acids is 1. The van der Waals surface area contributed by atoms with Crippen molar-refractivity contribution in [2.75, 3.05) is 5.32 Å². The molecule has 0 aliphatic carbocycles. The van der Waals surface area contributed by atoms with E-state index in [1.807, 2.05) is 32.0 Å². The molecule has 0 radical (unpaired) electrons. The Bertz CT molecular complexity index is 379. The van der Waals surface area contributed by atoms with Gasteiger partial charge in [0, 0.05) is 12.5 Å². The van der Waals surface area contributed by atoms with Crippen LogP contribution in [0.15, 0.2) is 18.2 Å². The summed E-state index contributed by atoms with van der Waals surface area (Å²) in [4.78, 5) is 10.4. The first-order valence-electron chi connectivity index (χ1n) is 5.23. The van der Waals surface area contributed by atoms with Crippen molar-refractivity contribution in [1.29, 1.82) is 0 Å². The predicted octanol–water partition coefficient (Wildman–Crippen LogP) is 3.31. The standard InChI is InChI=1S/C12H16ClNO2/c1-8-3-5-10(13)11(7-8)14-9(2)4-6-12(15)16/h3,5,7,9,14H,4,6H2,1-2H3,(H,15,16). The average Bonchev–Trinajstić information content (AvgIpc) is 2.20. The molecule has 1 aromatic carbocycles. The summed E-state index contributed by atoms with van der Waals surface area (Å²) in [6, 6.07) is 5.83. The Morgan fingerprint density at radius 2 is 2.25 bits per heavy atom. The van der Waals surface area contributed by atoms with Crippen molar-refractivity contribution in [3.05, 3.63) is 28.8 Å². The van der Waals surface area contributed by atoms with Gasteiger partial charge in [-0.05, 0) is 38.0 Å². The average molecular weight is 242 g/mol. The maximum atomic E-state index is 10.4. The monoisotopic (exact) mass is 241 g/mol. The van der Waals surface area contributed by atoms with Crippen LogP contribution in [0.4, 0.5) is 5.69 Å². The quantitative estimate of drug-likeness (QED) is 0.832. The van der Waals surface area contributed by atoms with Gasteiger partial charge in [-0.25, -0.2) is 0 Å². The molecule has 4 heteroatoms. The summed E-state index contributed by atoms with van der Waals surface area (Å²) in [5, 5.41) is 12.4. The molecule has 0 bridgehead atoms. The predicted molar refractivity (Wildman–Crippen MR) is 66.1 cm³/mol. The molecule has 0 aliphatic rings. The third-order valence-corrected chi connectivity index (χ3v) is 2.64. The number of aryl methyl sites for hydroxylation is 1. The lowest BCUT2D eigenvalue weighted by Crippen LogP contribution is -2.16. The van der Waals surface area contributed by atoms with E-state index in [0.29, 0.717) is 11.4 Å². The first-order valence-corrected chi connectivity index (χ1v) is 5.61. The lowest BCUT2D eigenvalue weighted by atomic mass is 10.1. The van der Waals surface area contributed by atoms with Gasteiger partial charge in [0.15, 0.2) is 0 Å². The smallest absolute Gasteiger partial charge is 0.303 e. The minimum absolute atomic E-state index is 0.0930. The number of carboxylic acid groups (broad SMARTS) is 1. The number of carbonyl (C=O) groups is 1. The molecule has 88 valence electrons. The Morgan fingerprint density at radius 3 is 2.88 bits per heavy atom. The Kier molecular flexibility index (Phi) is 4.62. The molecule has 1 unspecified atom stereocenters. The van der Waals surface area contributed by atoms with E-state index < -0.39 is 5.97 Å². The van der Waals surface area contributed by atoms with Crippen molar-refractivity contribution >= 4 is 23.3 Å². The molecule has 0 heterocycles. The van der Waals surface area contributed by atoms with Crippen molar-refractivity contribution in [2.45, 2.75) is 32.7 Å². The van der Waals surface area contributed by atoms with Crippen molar-refractivity contribution in [3.63, 3.8) is 0 Å². The summed E-state index contributed by atoms with van der Waals surface area (Å²) in [5.74, 6) is -0.774. The highest BCUT2D eigenvalue weighted by atomic mass is 35.5. The number of rotatable bonds is 5. The van der Waals surface area contributed by atoms with Crippen LogP contribution in [0, 0.1) is 6.92 Å². The van der Waals surface area contributed by atoms with Gasteiger partial charge in [-0.15, -0.1) is 0 Å². The largest absolute Gasteiger partial charge is 0.481 e. The van der Waals surface area contributed by atoms with Crippen LogP contribution < -0.4 is 5.32 Å². The van der Waals surface area contributed by atoms with Crippen LogP contribution in [0.2, 0.25) is 5.02 Å². The lowest BCUT2D eigenvalue weighted by Gasteiger charge is -2.15. The Balaban J connectivity index is 2.58. The van der Waals surface area contributed by atoms with E-state index in [4.69, 9.17) is 16.7 Å². The molecule has 0 saturated heterocycles. The van der Waals surface area contributed by atoms with E-state index >= 15 is 0 Å². The molecular formula is C12H16ClNO2. The zero-order valence-electron chi connectivity index (χ0n) is 9.46. The summed E-state index contributed by atoms with van der Waals surface area (Å²) in [6.45, 7) is 3.94. The van der Waals surface area contributed by atoms with E-state index in [1.54, 1.807) is 0 Å². The van der Waals surface area contributed by atoms with Crippen LogP contribution in [0.1, 0.15) is 25.3 Å². The fourth-order valence-electron chi connectivity index (χ4n) is 1.43. The first kappa shape index (κ1) is 12.8. The summed E-state index contributed by atoms with van der Waals surface area (Å²) in [7, 11) is 0. The minimum Gasteiger partial charge on any atom is -0.481 e. The van der Waals surface area contributed by atoms with Gasteiger partial charge in [0.05, 0.1) is 10.7 Å². The van der Waals surface area contributed by atoms with E-state index in [2.05, 4.69) is 5.32 Å². The zero-order chi connectivity index (χ0) is 12.1. The second kappa shape index (κ2) is 5.75. The topological polar surface area (TPSA) is 49.3 Å². The third-order valence-electron chi connectivity index (χ3n) is 2.31. The van der Waals surface area contributed by atoms with Crippen molar-refractivity contribution in [2.24, 2.45) is 0 Å². The number of hydrogen-bond acceptors (Lipinski definition) is 2. The van der Waals surface area contributed by atoms with Crippen molar-refractivity contribution in [1.82, 2.24) is 0 Å². The molecule has 0 aliphatic heterocycles. The summed E-state index contributed by atoms with van der Waals surface area (Å²) < 4.78 is 0. The number of anilines is 1. The van der Waals surface area contributed by atoms with Gasteiger partial charge in [-0.1, -0.05) is 17.7 Å². The Labute approximate surface area is 100 Å². The van der Waals surface area contributed by atoms with Gasteiger partial charge in [-0.2, -0.15) is 0 Å². The van der Waals surface area contributed by atoms with Crippen molar-refractivity contribution < 1.29 is 9.90 Å². The van der Waals surface area contributed by atoms with Crippen LogP contribution in [0.5, 0.6) is 0 Å². The van der Waals surface area contributed by atoms with Crippen LogP contribution in [-0.4, -0.2) is 17.1 Å². The molecule has 3 nitrogen and oxygen atoms in total. The highest BCUT2D eigenvalue weighted by molar-refractivity contribution is 6.33. The maximum Gasteiger partial charge on any atom is 0.303 e. The molecule has 0 spiro atoms. The van der Waals surface area contributed by atoms with Crippen LogP contribution >= 0.6 is 11.6 Å². The third kappa shape index (κ3) is 4.11. The van der Waals surface area contributed by atoms with E-state index in [1.165, 1.54) is 0 Å². The van der Waals surface area contributed by atoms with Gasteiger partial charge < -0.3 is 10.4 Å². The molecule has 0 amide bonds. The molecule has 0 aromatic heterocycles. The molecular weight excluding hydrogens is 226 g/mol. The number of halogens is 1. The second-order valence-corrected chi connectivity index (χ2v) is 4.37. The Hall–Kier alpha value is -1.22. The van der Waals surface area contributed by atoms with E-state index in [9.17, 15) is 4.79 Å². The minimum atomic E-state index is -0.774. The number of hydrogen-bond donors (Lipinski definition) is 2. The number of nitrogens with one attached hydrogen (secondary N) is 1. The fraction of sp³-hybridized carbons (Fsp3) is 0.417. The fourth-order valence-corrected chi connectivity index (χ4v) is 1.60. The highest BCUT2D eigenvalue weighted by Gasteiger charge is 2.07. The highest BCUT2D eigenvalue weighted by Crippen LogP contribution is 2.23. The summed E-state index contributed by atoms with van der Waals surface area (Å²) in [5.41, 5.74) is 1.98. The molecule has 1 atom stereocenters. The summed E-state index contributed by atoms with van der Waals surface area (Å²) >= 11 is 6.02. The molecule has 2 N–H and O–H groups in total. The normalized spacial score (nSPS) is 12.2. The van der Waals surface area contributed by atoms with Gasteiger partial charge in [-0.3, -0.25) is 4.79 Å². The Morgan fingerprint density at radius 1 is 1.56 bits per heavy atom. The van der Waals surface area contributed by atoms with E-state index in [0.717, 1.165) is 11.3 Å².